The van der Waals surface area contributed by atoms with Crippen LogP contribution in [-0.2, 0) is 9.53 Å². The molecule has 220 valence electrons. The van der Waals surface area contributed by atoms with Gasteiger partial charge in [0.15, 0.2) is 0 Å². The predicted molar refractivity (Wildman–Crippen MR) is 151 cm³/mol. The molecule has 0 aliphatic rings. The van der Waals surface area contributed by atoms with Gasteiger partial charge in [-0.05, 0) is 89.9 Å². The third-order valence-corrected chi connectivity index (χ3v) is 6.35. The molecule has 6 nitrogen and oxygen atoms in total. The Kier molecular flexibility index (Phi) is 10.1. The molecule has 1 unspecified atom stereocenters. The number of alkyl halides is 3. The third-order valence-electron chi connectivity index (χ3n) is 6.35. The van der Waals surface area contributed by atoms with E-state index in [9.17, 15) is 22.8 Å². The summed E-state index contributed by atoms with van der Waals surface area (Å²) in [4.78, 5) is 23.7. The third kappa shape index (κ3) is 9.55. The zero-order chi connectivity index (χ0) is 30.4. The second-order valence-electron chi connectivity index (χ2n) is 11.1. The first kappa shape index (κ1) is 31.5. The Morgan fingerprint density at radius 3 is 1.98 bits per heavy atom. The molecule has 1 atom stereocenters. The van der Waals surface area contributed by atoms with Gasteiger partial charge in [0.2, 0.25) is 0 Å². The van der Waals surface area contributed by atoms with Crippen molar-refractivity contribution in [3.8, 4) is 22.6 Å². The fraction of sp³-hybridized carbons (Fsp3) is 0.375. The smallest absolute Gasteiger partial charge is 0.486 e. The highest BCUT2D eigenvalue weighted by molar-refractivity contribution is 5.94. The number of ether oxygens (including phenoxy) is 3. The summed E-state index contributed by atoms with van der Waals surface area (Å²) >= 11 is 0. The Balaban J connectivity index is 1.80. The van der Waals surface area contributed by atoms with Crippen molar-refractivity contribution < 1.29 is 37.0 Å². The molecule has 9 heteroatoms. The standard InChI is InChI=1S/C32H36F3NO5/c1-20-17-26(18-21(2)29(20)23-11-13-25(14-12-23)41-32(33,34)35)40-27(19-31(3,4)5)22-7-9-24(10-8-22)30(38)36-16-15-28(37)39-6/h7-14,17-18,27H,15-16,19H2,1-6H3,(H,36,38). The van der Waals surface area contributed by atoms with Crippen LogP contribution in [0.5, 0.6) is 11.5 Å². The molecule has 0 bridgehead atoms. The molecule has 41 heavy (non-hydrogen) atoms. The Labute approximate surface area is 238 Å². The molecular formula is C32H36F3NO5. The van der Waals surface area contributed by atoms with E-state index in [1.807, 2.05) is 38.1 Å². The number of carbonyl (C=O) groups excluding carboxylic acids is 2. The van der Waals surface area contributed by atoms with Crippen molar-refractivity contribution >= 4 is 11.9 Å². The van der Waals surface area contributed by atoms with Crippen LogP contribution in [0.2, 0.25) is 0 Å². The maximum atomic E-state index is 12.5. The molecule has 0 aliphatic carbocycles. The topological polar surface area (TPSA) is 73.9 Å². The number of esters is 1. The van der Waals surface area contributed by atoms with Gasteiger partial charge in [-0.25, -0.2) is 0 Å². The Bertz CT molecular complexity index is 1320. The number of halogens is 3. The molecule has 3 aromatic carbocycles. The average molecular weight is 572 g/mol. The van der Waals surface area contributed by atoms with E-state index < -0.39 is 12.3 Å². The summed E-state index contributed by atoms with van der Waals surface area (Å²) < 4.78 is 52.7. The Hall–Kier alpha value is -4.01. The molecule has 0 aromatic heterocycles. The number of rotatable bonds is 10. The van der Waals surface area contributed by atoms with E-state index in [-0.39, 0.29) is 36.1 Å². The van der Waals surface area contributed by atoms with Crippen LogP contribution in [-0.4, -0.2) is 31.9 Å². The fourth-order valence-electron chi connectivity index (χ4n) is 4.55. The lowest BCUT2D eigenvalue weighted by molar-refractivity contribution is -0.274. The van der Waals surface area contributed by atoms with Gasteiger partial charge in [0.05, 0.1) is 13.5 Å². The minimum Gasteiger partial charge on any atom is -0.486 e. The first-order valence-corrected chi connectivity index (χ1v) is 13.2. The van der Waals surface area contributed by atoms with Crippen LogP contribution in [0, 0.1) is 19.3 Å². The van der Waals surface area contributed by atoms with Gasteiger partial charge in [-0.1, -0.05) is 45.0 Å². The van der Waals surface area contributed by atoms with Gasteiger partial charge in [-0.15, -0.1) is 13.2 Å². The highest BCUT2D eigenvalue weighted by Crippen LogP contribution is 2.37. The molecule has 0 fully saturated rings. The van der Waals surface area contributed by atoms with E-state index in [1.54, 1.807) is 24.3 Å². The summed E-state index contributed by atoms with van der Waals surface area (Å²) in [5.74, 6) is -0.283. The van der Waals surface area contributed by atoms with Gasteiger partial charge in [-0.3, -0.25) is 9.59 Å². The second kappa shape index (κ2) is 13.1. The molecule has 0 spiro atoms. The van der Waals surface area contributed by atoms with Crippen molar-refractivity contribution in [3.63, 3.8) is 0 Å². The zero-order valence-corrected chi connectivity index (χ0v) is 24.1. The van der Waals surface area contributed by atoms with Crippen molar-refractivity contribution in [1.82, 2.24) is 5.32 Å². The van der Waals surface area contributed by atoms with Crippen molar-refractivity contribution in [2.75, 3.05) is 13.7 Å². The largest absolute Gasteiger partial charge is 0.573 e. The number of amides is 1. The molecule has 1 amide bonds. The van der Waals surface area contributed by atoms with E-state index >= 15 is 0 Å². The number of nitrogens with one attached hydrogen (secondary N) is 1. The SMILES string of the molecule is COC(=O)CCNC(=O)c1ccc(C(CC(C)(C)C)Oc2cc(C)c(-c3ccc(OC(F)(F)F)cc3)c(C)c2)cc1. The zero-order valence-electron chi connectivity index (χ0n) is 24.1. The van der Waals surface area contributed by atoms with E-state index in [0.717, 1.165) is 27.8 Å². The van der Waals surface area contributed by atoms with E-state index in [1.165, 1.54) is 19.2 Å². The summed E-state index contributed by atoms with van der Waals surface area (Å²) in [5, 5.41) is 2.71. The highest BCUT2D eigenvalue weighted by Gasteiger charge is 2.31. The predicted octanol–water partition coefficient (Wildman–Crippen LogP) is 7.72. The van der Waals surface area contributed by atoms with Crippen LogP contribution in [0.15, 0.2) is 60.7 Å². The number of methoxy groups -OCH3 is 1. The molecule has 0 saturated heterocycles. The van der Waals surface area contributed by atoms with Gasteiger partial charge in [0.1, 0.15) is 17.6 Å². The summed E-state index contributed by atoms with van der Waals surface area (Å²) in [5.41, 5.74) is 4.83. The normalized spacial score (nSPS) is 12.4. The summed E-state index contributed by atoms with van der Waals surface area (Å²) in [6, 6.07) is 16.8. The maximum Gasteiger partial charge on any atom is 0.573 e. The monoisotopic (exact) mass is 571 g/mol. The maximum absolute atomic E-state index is 12.5. The Morgan fingerprint density at radius 2 is 1.46 bits per heavy atom. The van der Waals surface area contributed by atoms with Crippen LogP contribution in [0.4, 0.5) is 13.2 Å². The van der Waals surface area contributed by atoms with Crippen molar-refractivity contribution in [2.24, 2.45) is 5.41 Å². The molecule has 1 N–H and O–H groups in total. The molecule has 3 aromatic rings. The van der Waals surface area contributed by atoms with Crippen LogP contribution in [0.3, 0.4) is 0 Å². The molecule has 3 rings (SSSR count). The number of carbonyl (C=O) groups is 2. The minimum atomic E-state index is -4.74. The quantitative estimate of drug-likeness (QED) is 0.252. The summed E-state index contributed by atoms with van der Waals surface area (Å²) in [6.07, 6.45) is -4.24. The van der Waals surface area contributed by atoms with E-state index in [4.69, 9.17) is 4.74 Å². The number of aryl methyl sites for hydroxylation is 2. The van der Waals surface area contributed by atoms with Gasteiger partial charge in [0, 0.05) is 12.1 Å². The van der Waals surface area contributed by atoms with Gasteiger partial charge in [-0.2, -0.15) is 0 Å². The molecular weight excluding hydrogens is 535 g/mol. The summed E-state index contributed by atoms with van der Waals surface area (Å²) in [6.45, 7) is 10.4. The molecule has 0 aliphatic heterocycles. The fourth-order valence-corrected chi connectivity index (χ4v) is 4.55. The lowest BCUT2D eigenvalue weighted by atomic mass is 9.86. The molecule has 0 saturated carbocycles. The van der Waals surface area contributed by atoms with E-state index in [0.29, 0.717) is 17.7 Å². The number of benzene rings is 3. The van der Waals surface area contributed by atoms with Crippen LogP contribution in [0.1, 0.15) is 66.8 Å². The van der Waals surface area contributed by atoms with Gasteiger partial charge < -0.3 is 19.5 Å². The van der Waals surface area contributed by atoms with Crippen molar-refractivity contribution in [3.05, 3.63) is 82.9 Å². The lowest BCUT2D eigenvalue weighted by Gasteiger charge is -2.28. The Morgan fingerprint density at radius 1 is 0.878 bits per heavy atom. The van der Waals surface area contributed by atoms with Crippen molar-refractivity contribution in [2.45, 2.75) is 59.9 Å². The average Bonchev–Trinajstić information content (AvgIpc) is 2.87. The molecule has 0 radical (unpaired) electrons. The first-order chi connectivity index (χ1) is 19.1. The molecule has 0 heterocycles. The summed E-state index contributed by atoms with van der Waals surface area (Å²) in [7, 11) is 1.30. The number of hydrogen-bond acceptors (Lipinski definition) is 5. The first-order valence-electron chi connectivity index (χ1n) is 13.2. The second-order valence-corrected chi connectivity index (χ2v) is 11.1. The van der Waals surface area contributed by atoms with Crippen LogP contribution in [0.25, 0.3) is 11.1 Å². The van der Waals surface area contributed by atoms with Gasteiger partial charge >= 0.3 is 12.3 Å². The highest BCUT2D eigenvalue weighted by atomic mass is 19.4. The van der Waals surface area contributed by atoms with Crippen molar-refractivity contribution in [1.29, 1.82) is 0 Å². The minimum absolute atomic E-state index is 0.0567. The van der Waals surface area contributed by atoms with Gasteiger partial charge in [0.25, 0.3) is 5.91 Å². The number of hydrogen-bond donors (Lipinski definition) is 1. The van der Waals surface area contributed by atoms with Crippen LogP contribution < -0.4 is 14.8 Å². The van der Waals surface area contributed by atoms with E-state index in [2.05, 4.69) is 35.6 Å². The van der Waals surface area contributed by atoms with Crippen LogP contribution >= 0.6 is 0 Å². The lowest BCUT2D eigenvalue weighted by Crippen LogP contribution is -2.26.